The van der Waals surface area contributed by atoms with Gasteiger partial charge in [-0.2, -0.15) is 5.10 Å². The molecule has 0 atom stereocenters. The molecule has 5 nitrogen and oxygen atoms in total. The van der Waals surface area contributed by atoms with Gasteiger partial charge in [-0.1, -0.05) is 18.2 Å². The SMILES string of the molecule is C/C(=N\NC(=O)CCn1c2c(c3ccccc31)CCCC2)c1ccc(O)cc1. The standard InChI is InChI=1S/C23H25N3O2/c1-16(17-10-12-18(27)13-11-17)24-25-23(28)14-15-26-21-8-4-2-6-19(21)20-7-3-5-9-22(20)26/h2,4,6,8,10-13,27H,3,5,7,9,14-15H2,1H3,(H,25,28)/b24-16+. The largest absolute Gasteiger partial charge is 0.508 e. The number of para-hydroxylation sites is 1. The maximum atomic E-state index is 12.4. The van der Waals surface area contributed by atoms with Crippen molar-refractivity contribution in [1.29, 1.82) is 0 Å². The summed E-state index contributed by atoms with van der Waals surface area (Å²) in [5.41, 5.74) is 8.31. The molecular formula is C23H25N3O2. The number of benzene rings is 2. The Morgan fingerprint density at radius 3 is 2.68 bits per heavy atom. The molecule has 28 heavy (non-hydrogen) atoms. The van der Waals surface area contributed by atoms with Crippen LogP contribution in [0.15, 0.2) is 53.6 Å². The predicted octanol–water partition coefficient (Wildman–Crippen LogP) is 4.16. The average Bonchev–Trinajstić information content (AvgIpc) is 3.05. The summed E-state index contributed by atoms with van der Waals surface area (Å²) in [4.78, 5) is 12.4. The minimum absolute atomic E-state index is 0.0968. The Balaban J connectivity index is 1.45. The van der Waals surface area contributed by atoms with Crippen LogP contribution in [0.2, 0.25) is 0 Å². The van der Waals surface area contributed by atoms with E-state index >= 15 is 0 Å². The molecule has 0 radical (unpaired) electrons. The second-order valence-corrected chi connectivity index (χ2v) is 7.33. The molecule has 1 heterocycles. The van der Waals surface area contributed by atoms with E-state index in [1.54, 1.807) is 24.3 Å². The van der Waals surface area contributed by atoms with Gasteiger partial charge in [0, 0.05) is 29.6 Å². The van der Waals surface area contributed by atoms with E-state index in [4.69, 9.17) is 0 Å². The number of phenolic OH excluding ortho intramolecular Hbond substituents is 1. The van der Waals surface area contributed by atoms with Gasteiger partial charge in [0.1, 0.15) is 5.75 Å². The van der Waals surface area contributed by atoms with Gasteiger partial charge in [0.05, 0.1) is 5.71 Å². The summed E-state index contributed by atoms with van der Waals surface area (Å²) < 4.78 is 2.32. The highest BCUT2D eigenvalue weighted by Crippen LogP contribution is 2.32. The molecule has 0 spiro atoms. The molecule has 0 saturated carbocycles. The van der Waals surface area contributed by atoms with Crippen molar-refractivity contribution in [3.05, 3.63) is 65.4 Å². The molecule has 1 aliphatic carbocycles. The molecule has 5 heteroatoms. The van der Waals surface area contributed by atoms with E-state index in [-0.39, 0.29) is 11.7 Å². The first-order valence-corrected chi connectivity index (χ1v) is 9.85. The van der Waals surface area contributed by atoms with Crippen LogP contribution in [0.5, 0.6) is 5.75 Å². The Bertz CT molecular complexity index is 1030. The number of aryl methyl sites for hydroxylation is 2. The normalized spacial score (nSPS) is 14.1. The number of nitrogens with one attached hydrogen (secondary N) is 1. The van der Waals surface area contributed by atoms with Crippen LogP contribution >= 0.6 is 0 Å². The summed E-state index contributed by atoms with van der Waals surface area (Å²) in [5.74, 6) is 0.114. The summed E-state index contributed by atoms with van der Waals surface area (Å²) >= 11 is 0. The smallest absolute Gasteiger partial charge is 0.241 e. The zero-order valence-corrected chi connectivity index (χ0v) is 16.1. The van der Waals surface area contributed by atoms with Crippen LogP contribution in [-0.2, 0) is 24.2 Å². The van der Waals surface area contributed by atoms with Crippen LogP contribution in [-0.4, -0.2) is 21.3 Å². The topological polar surface area (TPSA) is 66.6 Å². The monoisotopic (exact) mass is 375 g/mol. The van der Waals surface area contributed by atoms with Crippen LogP contribution < -0.4 is 5.43 Å². The van der Waals surface area contributed by atoms with E-state index < -0.39 is 0 Å². The van der Waals surface area contributed by atoms with E-state index in [0.717, 1.165) is 18.4 Å². The number of carbonyl (C=O) groups is 1. The zero-order valence-electron chi connectivity index (χ0n) is 16.1. The molecular weight excluding hydrogens is 350 g/mol. The number of aromatic hydroxyl groups is 1. The summed E-state index contributed by atoms with van der Waals surface area (Å²) in [6, 6.07) is 15.3. The number of amides is 1. The minimum Gasteiger partial charge on any atom is -0.508 e. The van der Waals surface area contributed by atoms with Crippen molar-refractivity contribution in [3.63, 3.8) is 0 Å². The maximum Gasteiger partial charge on any atom is 0.241 e. The Labute approximate surface area is 164 Å². The average molecular weight is 375 g/mol. The van der Waals surface area contributed by atoms with Crippen molar-refractivity contribution in [2.24, 2.45) is 5.10 Å². The molecule has 3 aromatic rings. The number of fused-ring (bicyclic) bond motifs is 3. The maximum absolute atomic E-state index is 12.4. The summed E-state index contributed by atoms with van der Waals surface area (Å²) in [7, 11) is 0. The van der Waals surface area contributed by atoms with Crippen LogP contribution in [0.4, 0.5) is 0 Å². The van der Waals surface area contributed by atoms with Gasteiger partial charge in [-0.3, -0.25) is 4.79 Å². The van der Waals surface area contributed by atoms with E-state index in [1.165, 1.54) is 35.0 Å². The summed E-state index contributed by atoms with van der Waals surface area (Å²) in [6.07, 6.45) is 5.06. The van der Waals surface area contributed by atoms with Crippen molar-refractivity contribution in [2.75, 3.05) is 0 Å². The molecule has 0 aliphatic heterocycles. The van der Waals surface area contributed by atoms with Crippen molar-refractivity contribution >= 4 is 22.5 Å². The zero-order chi connectivity index (χ0) is 19.5. The van der Waals surface area contributed by atoms with Crippen LogP contribution in [0.25, 0.3) is 10.9 Å². The number of hydrogen-bond acceptors (Lipinski definition) is 3. The van der Waals surface area contributed by atoms with Crippen molar-refractivity contribution in [1.82, 2.24) is 9.99 Å². The van der Waals surface area contributed by atoms with Gasteiger partial charge in [0.25, 0.3) is 0 Å². The lowest BCUT2D eigenvalue weighted by atomic mass is 9.95. The van der Waals surface area contributed by atoms with Crippen LogP contribution in [0.1, 0.15) is 43.0 Å². The Morgan fingerprint density at radius 2 is 1.86 bits per heavy atom. The van der Waals surface area contributed by atoms with Gasteiger partial charge in [0.15, 0.2) is 0 Å². The Kier molecular flexibility index (Phi) is 5.15. The van der Waals surface area contributed by atoms with Gasteiger partial charge in [-0.15, -0.1) is 0 Å². The van der Waals surface area contributed by atoms with Crippen molar-refractivity contribution in [2.45, 2.75) is 45.6 Å². The number of carbonyl (C=O) groups excluding carboxylic acids is 1. The Morgan fingerprint density at radius 1 is 1.11 bits per heavy atom. The van der Waals surface area contributed by atoms with Crippen molar-refractivity contribution < 1.29 is 9.90 Å². The number of rotatable bonds is 5. The molecule has 0 unspecified atom stereocenters. The van der Waals surface area contributed by atoms with Gasteiger partial charge in [-0.25, -0.2) is 5.43 Å². The molecule has 1 amide bonds. The van der Waals surface area contributed by atoms with E-state index in [2.05, 4.69) is 39.4 Å². The van der Waals surface area contributed by atoms with E-state index in [9.17, 15) is 9.90 Å². The number of hydrogen-bond donors (Lipinski definition) is 2. The van der Waals surface area contributed by atoms with Crippen LogP contribution in [0.3, 0.4) is 0 Å². The molecule has 0 bridgehead atoms. The van der Waals surface area contributed by atoms with E-state index in [0.29, 0.717) is 18.7 Å². The fraction of sp³-hybridized carbons (Fsp3) is 0.304. The van der Waals surface area contributed by atoms with E-state index in [1.807, 2.05) is 6.92 Å². The first-order valence-electron chi connectivity index (χ1n) is 9.85. The quantitative estimate of drug-likeness (QED) is 0.519. The Hall–Kier alpha value is -3.08. The van der Waals surface area contributed by atoms with Crippen molar-refractivity contribution in [3.8, 4) is 5.75 Å². The molecule has 1 aliphatic rings. The number of hydrazone groups is 1. The van der Waals surface area contributed by atoms with Gasteiger partial charge in [0.2, 0.25) is 5.91 Å². The fourth-order valence-electron chi connectivity index (χ4n) is 4.03. The highest BCUT2D eigenvalue weighted by atomic mass is 16.3. The third-order valence-electron chi connectivity index (χ3n) is 5.48. The minimum atomic E-state index is -0.0968. The first-order chi connectivity index (χ1) is 13.6. The number of nitrogens with zero attached hydrogens (tertiary/aromatic N) is 2. The molecule has 2 aromatic carbocycles. The molecule has 2 N–H and O–H groups in total. The molecule has 144 valence electrons. The van der Waals surface area contributed by atoms with Crippen LogP contribution in [0, 0.1) is 0 Å². The molecule has 0 saturated heterocycles. The lowest BCUT2D eigenvalue weighted by Crippen LogP contribution is -2.21. The fourth-order valence-corrected chi connectivity index (χ4v) is 4.03. The lowest BCUT2D eigenvalue weighted by Gasteiger charge is -2.15. The molecule has 4 rings (SSSR count). The highest BCUT2D eigenvalue weighted by molar-refractivity contribution is 5.99. The van der Waals surface area contributed by atoms with Gasteiger partial charge < -0.3 is 9.67 Å². The first kappa shape index (κ1) is 18.3. The highest BCUT2D eigenvalue weighted by Gasteiger charge is 2.19. The third-order valence-corrected chi connectivity index (χ3v) is 5.48. The lowest BCUT2D eigenvalue weighted by molar-refractivity contribution is -0.121. The predicted molar refractivity (Wildman–Crippen MR) is 112 cm³/mol. The van der Waals surface area contributed by atoms with Gasteiger partial charge >= 0.3 is 0 Å². The second-order valence-electron chi connectivity index (χ2n) is 7.33. The van der Waals surface area contributed by atoms with Gasteiger partial charge in [-0.05, 0) is 74.1 Å². The summed E-state index contributed by atoms with van der Waals surface area (Å²) in [5, 5.41) is 14.9. The number of aromatic nitrogens is 1. The second kappa shape index (κ2) is 7.89. The molecule has 0 fully saturated rings. The summed E-state index contributed by atoms with van der Waals surface area (Å²) in [6.45, 7) is 2.50. The third kappa shape index (κ3) is 3.65. The number of phenols is 1. The molecule has 1 aromatic heterocycles.